The van der Waals surface area contributed by atoms with Crippen LogP contribution in [0.5, 0.6) is 11.5 Å². The summed E-state index contributed by atoms with van der Waals surface area (Å²) in [6.45, 7) is 2.64. The minimum Gasteiger partial charge on any atom is -0.493 e. The summed E-state index contributed by atoms with van der Waals surface area (Å²) in [5.74, 6) is 1.05. The van der Waals surface area contributed by atoms with Gasteiger partial charge in [-0.1, -0.05) is 34.8 Å². The molecule has 0 bridgehead atoms. The summed E-state index contributed by atoms with van der Waals surface area (Å²) in [7, 11) is 0. The standard InChI is InChI=1S/C22H18Cl3NO3/c1-2-28-21-10-3-14(22(27)26-17-6-9-19(24)20(25)12-17)11-15(21)13-29-18-7-4-16(23)5-8-18/h3-12H,2,13H2,1H3,(H,26,27). The first-order chi connectivity index (χ1) is 14.0. The highest BCUT2D eigenvalue weighted by molar-refractivity contribution is 6.42. The number of rotatable bonds is 7. The van der Waals surface area contributed by atoms with Crippen molar-refractivity contribution in [1.82, 2.24) is 0 Å². The lowest BCUT2D eigenvalue weighted by atomic mass is 10.1. The quantitative estimate of drug-likeness (QED) is 0.427. The highest BCUT2D eigenvalue weighted by Crippen LogP contribution is 2.27. The number of benzene rings is 3. The van der Waals surface area contributed by atoms with E-state index in [9.17, 15) is 4.79 Å². The van der Waals surface area contributed by atoms with Crippen molar-refractivity contribution in [2.75, 3.05) is 11.9 Å². The Morgan fingerprint density at radius 2 is 1.66 bits per heavy atom. The van der Waals surface area contributed by atoms with E-state index in [1.165, 1.54) is 0 Å². The summed E-state index contributed by atoms with van der Waals surface area (Å²) in [4.78, 5) is 12.7. The third kappa shape index (κ3) is 5.80. The number of hydrogen-bond donors (Lipinski definition) is 1. The minimum atomic E-state index is -0.279. The predicted molar refractivity (Wildman–Crippen MR) is 118 cm³/mol. The van der Waals surface area contributed by atoms with E-state index in [0.717, 1.165) is 5.56 Å². The number of halogens is 3. The van der Waals surface area contributed by atoms with Crippen LogP contribution in [0, 0.1) is 0 Å². The van der Waals surface area contributed by atoms with Crippen LogP contribution in [0.2, 0.25) is 15.1 Å². The molecule has 0 heterocycles. The van der Waals surface area contributed by atoms with Gasteiger partial charge in [-0.25, -0.2) is 0 Å². The summed E-state index contributed by atoms with van der Waals surface area (Å²) in [5, 5.41) is 4.23. The average Bonchev–Trinajstić information content (AvgIpc) is 2.71. The number of ether oxygens (including phenoxy) is 2. The lowest BCUT2D eigenvalue weighted by Crippen LogP contribution is -2.13. The minimum absolute atomic E-state index is 0.241. The molecule has 0 saturated carbocycles. The first-order valence-electron chi connectivity index (χ1n) is 8.86. The van der Waals surface area contributed by atoms with Crippen molar-refractivity contribution < 1.29 is 14.3 Å². The zero-order valence-corrected chi connectivity index (χ0v) is 17.8. The van der Waals surface area contributed by atoms with Crippen molar-refractivity contribution in [3.63, 3.8) is 0 Å². The molecule has 0 aliphatic carbocycles. The monoisotopic (exact) mass is 449 g/mol. The zero-order valence-electron chi connectivity index (χ0n) is 15.5. The molecule has 4 nitrogen and oxygen atoms in total. The van der Waals surface area contributed by atoms with Crippen LogP contribution in [0.15, 0.2) is 60.7 Å². The SMILES string of the molecule is CCOc1ccc(C(=O)Nc2ccc(Cl)c(Cl)c2)cc1COc1ccc(Cl)cc1. The van der Waals surface area contributed by atoms with Crippen LogP contribution < -0.4 is 14.8 Å². The van der Waals surface area contributed by atoms with Gasteiger partial charge in [0, 0.05) is 21.8 Å². The van der Waals surface area contributed by atoms with Crippen molar-refractivity contribution in [2.24, 2.45) is 0 Å². The van der Waals surface area contributed by atoms with Crippen molar-refractivity contribution in [3.8, 4) is 11.5 Å². The van der Waals surface area contributed by atoms with E-state index in [-0.39, 0.29) is 12.5 Å². The molecule has 0 spiro atoms. The maximum absolute atomic E-state index is 12.7. The molecule has 0 aromatic heterocycles. The molecule has 0 aliphatic rings. The highest BCUT2D eigenvalue weighted by atomic mass is 35.5. The average molecular weight is 451 g/mol. The molecule has 0 fully saturated rings. The normalized spacial score (nSPS) is 10.5. The van der Waals surface area contributed by atoms with Crippen molar-refractivity contribution in [3.05, 3.63) is 86.9 Å². The number of hydrogen-bond acceptors (Lipinski definition) is 3. The van der Waals surface area contributed by atoms with E-state index < -0.39 is 0 Å². The van der Waals surface area contributed by atoms with E-state index in [1.54, 1.807) is 60.7 Å². The molecule has 0 radical (unpaired) electrons. The largest absolute Gasteiger partial charge is 0.493 e. The van der Waals surface area contributed by atoms with Crippen molar-refractivity contribution in [2.45, 2.75) is 13.5 Å². The number of carbonyl (C=O) groups excluding carboxylic acids is 1. The molecule has 29 heavy (non-hydrogen) atoms. The van der Waals surface area contributed by atoms with Crippen LogP contribution in [0.1, 0.15) is 22.8 Å². The van der Waals surface area contributed by atoms with Crippen LogP contribution in [-0.4, -0.2) is 12.5 Å². The molecule has 3 rings (SSSR count). The molecule has 0 aliphatic heterocycles. The highest BCUT2D eigenvalue weighted by Gasteiger charge is 2.12. The van der Waals surface area contributed by atoms with Gasteiger partial charge in [-0.2, -0.15) is 0 Å². The van der Waals surface area contributed by atoms with Gasteiger partial charge in [0.15, 0.2) is 0 Å². The van der Waals surface area contributed by atoms with Gasteiger partial charge in [0.2, 0.25) is 0 Å². The molecule has 0 atom stereocenters. The maximum atomic E-state index is 12.7. The lowest BCUT2D eigenvalue weighted by molar-refractivity contribution is 0.102. The summed E-state index contributed by atoms with van der Waals surface area (Å²) in [6.07, 6.45) is 0. The summed E-state index contributed by atoms with van der Waals surface area (Å²) in [5.41, 5.74) is 1.77. The summed E-state index contributed by atoms with van der Waals surface area (Å²) < 4.78 is 11.5. The second kappa shape index (κ2) is 9.88. The second-order valence-electron chi connectivity index (χ2n) is 6.08. The molecule has 0 saturated heterocycles. The molecular weight excluding hydrogens is 433 g/mol. The molecule has 1 amide bonds. The first kappa shape index (κ1) is 21.3. The Morgan fingerprint density at radius 3 is 2.34 bits per heavy atom. The predicted octanol–water partition coefficient (Wildman–Crippen LogP) is 6.88. The van der Waals surface area contributed by atoms with Gasteiger partial charge in [0.05, 0.1) is 16.7 Å². The van der Waals surface area contributed by atoms with Gasteiger partial charge < -0.3 is 14.8 Å². The first-order valence-corrected chi connectivity index (χ1v) is 10.00. The fourth-order valence-corrected chi connectivity index (χ4v) is 3.02. The fraction of sp³-hybridized carbons (Fsp3) is 0.136. The van der Waals surface area contributed by atoms with Gasteiger partial charge in [0.25, 0.3) is 5.91 Å². The number of anilines is 1. The van der Waals surface area contributed by atoms with Gasteiger partial charge in [-0.05, 0) is 67.6 Å². The second-order valence-corrected chi connectivity index (χ2v) is 7.33. The Labute approximate surface area is 184 Å². The van der Waals surface area contributed by atoms with Crippen molar-refractivity contribution >= 4 is 46.4 Å². The Kier molecular flexibility index (Phi) is 7.26. The lowest BCUT2D eigenvalue weighted by Gasteiger charge is -2.14. The zero-order chi connectivity index (χ0) is 20.8. The van der Waals surface area contributed by atoms with Gasteiger partial charge in [-0.3, -0.25) is 4.79 Å². The number of amides is 1. The molecule has 3 aromatic carbocycles. The topological polar surface area (TPSA) is 47.6 Å². The maximum Gasteiger partial charge on any atom is 0.255 e. The third-order valence-electron chi connectivity index (χ3n) is 4.01. The van der Waals surface area contributed by atoms with Crippen LogP contribution >= 0.6 is 34.8 Å². The fourth-order valence-electron chi connectivity index (χ4n) is 2.60. The van der Waals surface area contributed by atoms with Crippen molar-refractivity contribution in [1.29, 1.82) is 0 Å². The van der Waals surface area contributed by atoms with Gasteiger partial charge in [-0.15, -0.1) is 0 Å². The van der Waals surface area contributed by atoms with Crippen LogP contribution in [-0.2, 0) is 6.61 Å². The van der Waals surface area contributed by atoms with Gasteiger partial charge in [0.1, 0.15) is 18.1 Å². The van der Waals surface area contributed by atoms with Crippen LogP contribution in [0.25, 0.3) is 0 Å². The Hall–Kier alpha value is -2.40. The molecule has 7 heteroatoms. The third-order valence-corrected chi connectivity index (χ3v) is 5.00. The van der Waals surface area contributed by atoms with E-state index in [1.807, 2.05) is 6.92 Å². The van der Waals surface area contributed by atoms with E-state index in [4.69, 9.17) is 44.3 Å². The summed E-state index contributed by atoms with van der Waals surface area (Å²) in [6, 6.07) is 17.2. The smallest absolute Gasteiger partial charge is 0.255 e. The molecular formula is C22H18Cl3NO3. The number of carbonyl (C=O) groups is 1. The van der Waals surface area contributed by atoms with Gasteiger partial charge >= 0.3 is 0 Å². The Bertz CT molecular complexity index is 1010. The van der Waals surface area contributed by atoms with Crippen LogP contribution in [0.3, 0.4) is 0 Å². The molecule has 3 aromatic rings. The van der Waals surface area contributed by atoms with Crippen LogP contribution in [0.4, 0.5) is 5.69 Å². The van der Waals surface area contributed by atoms with E-state index in [0.29, 0.717) is 44.4 Å². The van der Waals surface area contributed by atoms with E-state index in [2.05, 4.69) is 5.32 Å². The Morgan fingerprint density at radius 1 is 0.897 bits per heavy atom. The van der Waals surface area contributed by atoms with E-state index >= 15 is 0 Å². The molecule has 0 unspecified atom stereocenters. The number of nitrogens with one attached hydrogen (secondary N) is 1. The Balaban J connectivity index is 1.78. The molecule has 1 N–H and O–H groups in total. The molecule has 150 valence electrons. The summed E-state index contributed by atoms with van der Waals surface area (Å²) >= 11 is 17.8.